The molecule has 0 aliphatic carbocycles. The van der Waals surface area contributed by atoms with E-state index in [9.17, 15) is 67.2 Å². The lowest BCUT2D eigenvalue weighted by molar-refractivity contribution is -0.140. The van der Waals surface area contributed by atoms with E-state index in [1.54, 1.807) is 89.3 Å². The van der Waals surface area contributed by atoms with Gasteiger partial charge < -0.3 is 70.9 Å². The predicted octanol–water partition coefficient (Wildman–Crippen LogP) is 0.658. The minimum absolute atomic E-state index is 0.0412. The molecule has 1 aliphatic heterocycles. The molecule has 0 saturated carbocycles. The standard InChI is InChI=1S/C40H58N8O10S.C21H38N6O8/c1-4-5-17-55-20-22-57-23-21-56-18-8-13-41-36(49)9-6-19-58-33-24-29(2)37(30(3)25-33)59(53,54)47-34(39(51)52)28-45-38(50)31-10-11-35-32(26-31)27-46-48(35)16-7-12-42-40-43-14-15-44-40;1-3-16(21(35)22-2)23-17(28)12-24-4-6-25(13-18(29)30)8-10-27(15-20(33)34)11-9-26(7-5-24)14-19(31)32/h10-11,14-15,24-27,34,47H,4-9,12-13,16-23,28H2,1-3H3,(H,41,49)(H,45,50)(H,51,52)(H2,42,43,44);16H,3-15H2,1-2H3,(H,22,35)(H,23,28)(H,29,30)(H,31,32)(H,33,34)/t;16-/m.1/s1. The van der Waals surface area contributed by atoms with Crippen LogP contribution >= 0.6 is 0 Å². The third-order valence-electron chi connectivity index (χ3n) is 14.7. The minimum atomic E-state index is -4.34. The summed E-state index contributed by atoms with van der Waals surface area (Å²) in [5.74, 6) is -4.77. The molecule has 11 N–H and O–H groups in total. The maximum absolute atomic E-state index is 13.5. The second kappa shape index (κ2) is 43.2. The van der Waals surface area contributed by atoms with Gasteiger partial charge in [0.1, 0.15) is 17.8 Å². The number of carboxylic acids is 4. The van der Waals surface area contributed by atoms with E-state index < -0.39 is 58.4 Å². The second-order valence-electron chi connectivity index (χ2n) is 22.2. The number of ether oxygens (including phenoxy) is 4. The van der Waals surface area contributed by atoms with Crippen molar-refractivity contribution >= 4 is 74.4 Å². The highest BCUT2D eigenvalue weighted by atomic mass is 32.2. The summed E-state index contributed by atoms with van der Waals surface area (Å²) in [7, 11) is -2.85. The molecule has 0 bridgehead atoms. The Hall–Kier alpha value is -7.89. The van der Waals surface area contributed by atoms with E-state index in [0.717, 1.165) is 36.8 Å². The molecule has 3 heterocycles. The Morgan fingerprint density at radius 1 is 0.660 bits per heavy atom. The van der Waals surface area contributed by atoms with Crippen LogP contribution in [0.25, 0.3) is 10.9 Å². The highest BCUT2D eigenvalue weighted by Gasteiger charge is 2.30. The van der Waals surface area contributed by atoms with Gasteiger partial charge in [0.2, 0.25) is 27.7 Å². The first-order valence-corrected chi connectivity index (χ1v) is 33.0. The summed E-state index contributed by atoms with van der Waals surface area (Å²) in [5, 5.41) is 56.5. The molecular weight excluding hydrogens is 1250 g/mol. The molecular formula is C61H96N14O18S. The Kier molecular flexibility index (Phi) is 36.1. The molecule has 2 aromatic heterocycles. The van der Waals surface area contributed by atoms with Crippen LogP contribution in [0.3, 0.4) is 0 Å². The molecule has 2 aromatic carbocycles. The third kappa shape index (κ3) is 30.5. The molecule has 524 valence electrons. The van der Waals surface area contributed by atoms with Crippen LogP contribution < -0.4 is 36.0 Å². The fourth-order valence-electron chi connectivity index (χ4n) is 9.80. The predicted molar refractivity (Wildman–Crippen MR) is 346 cm³/mol. The van der Waals surface area contributed by atoms with Gasteiger partial charge in [-0.2, -0.15) is 9.82 Å². The molecule has 1 fully saturated rings. The van der Waals surface area contributed by atoms with Gasteiger partial charge in [0.05, 0.1) is 75.8 Å². The maximum atomic E-state index is 13.5. The van der Waals surface area contributed by atoms with Crippen molar-refractivity contribution in [1.82, 2.24) is 65.3 Å². The number of likely N-dealkylation sites (N-methyl/N-ethyl adjacent to an activating group) is 1. The van der Waals surface area contributed by atoms with Gasteiger partial charge >= 0.3 is 23.9 Å². The molecule has 0 spiro atoms. The Balaban J connectivity index is 0.000000459. The zero-order chi connectivity index (χ0) is 68.8. The first-order valence-electron chi connectivity index (χ1n) is 31.5. The normalized spacial score (nSPS) is 14.5. The van der Waals surface area contributed by atoms with Crippen LogP contribution in [-0.4, -0.2) is 279 Å². The van der Waals surface area contributed by atoms with Crippen molar-refractivity contribution in [2.75, 3.05) is 157 Å². The topological polar surface area (TPSA) is 420 Å². The average molecular weight is 1350 g/mol. The van der Waals surface area contributed by atoms with E-state index in [0.29, 0.717) is 147 Å². The summed E-state index contributed by atoms with van der Waals surface area (Å²) in [5.41, 5.74) is 1.77. The molecule has 1 saturated heterocycles. The van der Waals surface area contributed by atoms with E-state index in [1.807, 2.05) is 4.68 Å². The van der Waals surface area contributed by atoms with Gasteiger partial charge in [-0.05, 0) is 87.4 Å². The molecule has 2 atom stereocenters. The number of aromatic amines is 1. The molecule has 32 nitrogen and oxygen atoms in total. The number of anilines is 1. The summed E-state index contributed by atoms with van der Waals surface area (Å²) >= 11 is 0. The number of unbranched alkanes of at least 4 members (excludes halogenated alkanes) is 1. The van der Waals surface area contributed by atoms with Gasteiger partial charge in [0, 0.05) is 129 Å². The maximum Gasteiger partial charge on any atom is 0.323 e. The van der Waals surface area contributed by atoms with Crippen molar-refractivity contribution in [2.45, 2.75) is 96.2 Å². The van der Waals surface area contributed by atoms with Crippen LogP contribution in [0.1, 0.15) is 80.3 Å². The summed E-state index contributed by atoms with van der Waals surface area (Å²) < 4.78 is 53.2. The summed E-state index contributed by atoms with van der Waals surface area (Å²) in [6.45, 7) is 13.7. The number of hydrogen-bond acceptors (Lipinski definition) is 21. The fraction of sp³-hybridized carbons (Fsp3) is 0.607. The first kappa shape index (κ1) is 78.6. The number of imidazole rings is 1. The third-order valence-corrected chi connectivity index (χ3v) is 16.5. The van der Waals surface area contributed by atoms with Gasteiger partial charge in [-0.25, -0.2) is 13.4 Å². The van der Waals surface area contributed by atoms with Crippen molar-refractivity contribution in [1.29, 1.82) is 0 Å². The molecule has 4 aromatic rings. The molecule has 1 aliphatic rings. The second-order valence-corrected chi connectivity index (χ2v) is 23.9. The molecule has 5 rings (SSSR count). The number of rotatable bonds is 41. The van der Waals surface area contributed by atoms with Gasteiger partial charge in [-0.1, -0.05) is 20.3 Å². The largest absolute Gasteiger partial charge is 0.494 e. The SMILES string of the molecule is CCCCOCCOCCOCCCNC(=O)CCCOc1cc(C)c(S(=O)(=O)NC(CNC(=O)c2ccc3c(cnn3CCCNc3ncc[nH]3)c2)C(=O)O)c(C)c1.CC[C@@H](NC(=O)CN1CCN(CC(=O)O)CCN(CC(=O)O)CCN(CC(=O)O)CC1)C(=O)NC. The monoisotopic (exact) mass is 1340 g/mol. The highest BCUT2D eigenvalue weighted by molar-refractivity contribution is 7.89. The van der Waals surface area contributed by atoms with Crippen LogP contribution in [0.5, 0.6) is 5.75 Å². The number of aromatic nitrogens is 4. The number of H-pyrrole nitrogens is 1. The fourth-order valence-corrected chi connectivity index (χ4v) is 11.4. The smallest absolute Gasteiger partial charge is 0.323 e. The van der Waals surface area contributed by atoms with Gasteiger partial charge in [0.25, 0.3) is 5.91 Å². The van der Waals surface area contributed by atoms with Crippen molar-refractivity contribution in [3.05, 3.63) is 65.6 Å². The molecule has 1 unspecified atom stereocenters. The minimum Gasteiger partial charge on any atom is -0.494 e. The van der Waals surface area contributed by atoms with E-state index >= 15 is 0 Å². The lowest BCUT2D eigenvalue weighted by Gasteiger charge is -2.33. The van der Waals surface area contributed by atoms with Crippen molar-refractivity contribution in [2.24, 2.45) is 0 Å². The zero-order valence-corrected chi connectivity index (χ0v) is 55.3. The van der Waals surface area contributed by atoms with Gasteiger partial charge in [0.15, 0.2) is 5.95 Å². The van der Waals surface area contributed by atoms with Crippen molar-refractivity contribution < 1.29 is 86.1 Å². The summed E-state index contributed by atoms with van der Waals surface area (Å²) in [6, 6.07) is 5.77. The van der Waals surface area contributed by atoms with E-state index in [4.69, 9.17) is 18.9 Å². The first-order chi connectivity index (χ1) is 45.0. The quantitative estimate of drug-likeness (QED) is 0.0272. The number of aliphatic carboxylic acids is 4. The van der Waals surface area contributed by atoms with E-state index in [2.05, 4.69) is 53.3 Å². The van der Waals surface area contributed by atoms with Gasteiger partial charge in [-0.3, -0.25) is 62.6 Å². The number of nitrogens with zero attached hydrogens (tertiary/aromatic N) is 7. The highest BCUT2D eigenvalue weighted by Crippen LogP contribution is 2.26. The van der Waals surface area contributed by atoms with Crippen LogP contribution in [0, 0.1) is 13.8 Å². The molecule has 94 heavy (non-hydrogen) atoms. The number of carbonyl (C=O) groups is 8. The Morgan fingerprint density at radius 2 is 1.22 bits per heavy atom. The van der Waals surface area contributed by atoms with Crippen LogP contribution in [0.4, 0.5) is 5.95 Å². The Morgan fingerprint density at radius 3 is 1.74 bits per heavy atom. The number of benzene rings is 2. The van der Waals surface area contributed by atoms with E-state index in [1.165, 1.54) is 7.05 Å². The number of carboxylic acid groups (broad SMARTS) is 4. The number of nitrogens with one attached hydrogen (secondary N) is 7. The molecule has 4 amide bonds. The van der Waals surface area contributed by atoms with Crippen LogP contribution in [-0.2, 0) is 64.3 Å². The molecule has 0 radical (unpaired) electrons. The molecule has 33 heteroatoms. The zero-order valence-electron chi connectivity index (χ0n) is 54.5. The lowest BCUT2D eigenvalue weighted by Crippen LogP contribution is -2.51. The van der Waals surface area contributed by atoms with Crippen molar-refractivity contribution in [3.8, 4) is 5.75 Å². The van der Waals surface area contributed by atoms with Crippen LogP contribution in [0.2, 0.25) is 0 Å². The Labute approximate surface area is 548 Å². The number of aryl methyl sites for hydroxylation is 3. The van der Waals surface area contributed by atoms with Crippen molar-refractivity contribution in [3.63, 3.8) is 0 Å². The van der Waals surface area contributed by atoms with E-state index in [-0.39, 0.29) is 67.4 Å². The average Bonchev–Trinajstić information content (AvgIpc) is 1.23. The Bertz CT molecular complexity index is 3060. The number of carbonyl (C=O) groups excluding carboxylic acids is 4. The van der Waals surface area contributed by atoms with Crippen LogP contribution in [0.15, 0.2) is 53.8 Å². The summed E-state index contributed by atoms with van der Waals surface area (Å²) in [6.07, 6.45) is 9.75. The number of sulfonamides is 1. The number of fused-ring (bicyclic) bond motifs is 1. The number of amides is 4. The number of hydrogen-bond donors (Lipinski definition) is 11. The van der Waals surface area contributed by atoms with Gasteiger partial charge in [-0.15, -0.1) is 0 Å². The lowest BCUT2D eigenvalue weighted by atomic mass is 10.1. The summed E-state index contributed by atoms with van der Waals surface area (Å²) in [4.78, 5) is 110.